The van der Waals surface area contributed by atoms with Gasteiger partial charge in [0.1, 0.15) is 5.82 Å². The van der Waals surface area contributed by atoms with Crippen LogP contribution >= 0.6 is 11.8 Å². The van der Waals surface area contributed by atoms with Gasteiger partial charge in [-0.05, 0) is 68.3 Å². The fourth-order valence-corrected chi connectivity index (χ4v) is 3.93. The lowest BCUT2D eigenvalue weighted by molar-refractivity contribution is -0.137. The molecule has 2 aromatic carbocycles. The van der Waals surface area contributed by atoms with E-state index in [1.165, 1.54) is 12.1 Å². The molecule has 180 valence electrons. The number of rotatable bonds is 8. The smallest absolute Gasteiger partial charge is 0.326 e. The van der Waals surface area contributed by atoms with Crippen molar-refractivity contribution < 1.29 is 22.8 Å². The van der Waals surface area contributed by atoms with E-state index in [-0.39, 0.29) is 23.8 Å². The van der Waals surface area contributed by atoms with Crippen LogP contribution in [0.5, 0.6) is 0 Å². The zero-order chi connectivity index (χ0) is 24.9. The summed E-state index contributed by atoms with van der Waals surface area (Å²) in [7, 11) is 0. The van der Waals surface area contributed by atoms with Crippen LogP contribution in [0, 0.1) is 13.8 Å². The topological polar surface area (TPSA) is 88.9 Å². The summed E-state index contributed by atoms with van der Waals surface area (Å²) in [5.74, 6) is -0.186. The maximum absolute atomic E-state index is 12.7. The molecule has 2 amide bonds. The summed E-state index contributed by atoms with van der Waals surface area (Å²) in [5.41, 5.74) is 2.38. The average molecular weight is 492 g/mol. The molecule has 0 spiro atoms. The van der Waals surface area contributed by atoms with E-state index in [0.29, 0.717) is 23.2 Å². The number of alkyl halides is 3. The minimum Gasteiger partial charge on any atom is -0.326 e. The molecule has 3 rings (SSSR count). The van der Waals surface area contributed by atoms with Crippen LogP contribution in [0.25, 0.3) is 0 Å². The Morgan fingerprint density at radius 1 is 0.941 bits per heavy atom. The number of carbonyl (C=O) groups is 2. The van der Waals surface area contributed by atoms with Crippen LogP contribution in [0.3, 0.4) is 0 Å². The van der Waals surface area contributed by atoms with Crippen LogP contribution < -0.4 is 10.6 Å². The summed E-state index contributed by atoms with van der Waals surface area (Å²) in [4.78, 5) is 24.7. The molecular weight excluding hydrogens is 467 g/mol. The Labute approximate surface area is 199 Å². The van der Waals surface area contributed by atoms with Gasteiger partial charge in [-0.15, -0.1) is 10.2 Å². The Hall–Kier alpha value is -3.34. The highest BCUT2D eigenvalue weighted by Crippen LogP contribution is 2.30. The van der Waals surface area contributed by atoms with Crippen LogP contribution in [0.2, 0.25) is 0 Å². The number of aromatic nitrogens is 3. The number of benzene rings is 2. The first kappa shape index (κ1) is 25.3. The van der Waals surface area contributed by atoms with E-state index in [1.807, 2.05) is 39.0 Å². The molecule has 0 radical (unpaired) electrons. The van der Waals surface area contributed by atoms with Gasteiger partial charge in [0.05, 0.1) is 17.7 Å². The van der Waals surface area contributed by atoms with Crippen molar-refractivity contribution in [2.75, 3.05) is 16.4 Å². The van der Waals surface area contributed by atoms with Crippen molar-refractivity contribution >= 4 is 35.0 Å². The Morgan fingerprint density at radius 3 is 2.21 bits per heavy atom. The van der Waals surface area contributed by atoms with Crippen molar-refractivity contribution in [3.8, 4) is 0 Å². The molecule has 0 aliphatic rings. The third-order valence-corrected chi connectivity index (χ3v) is 6.01. The van der Waals surface area contributed by atoms with E-state index >= 15 is 0 Å². The number of carbonyl (C=O) groups excluding carboxylic acids is 2. The highest BCUT2D eigenvalue weighted by molar-refractivity contribution is 7.99. The van der Waals surface area contributed by atoms with Crippen LogP contribution in [0.1, 0.15) is 29.4 Å². The van der Waals surface area contributed by atoms with Crippen molar-refractivity contribution in [2.45, 2.75) is 45.1 Å². The number of hydrogen-bond acceptors (Lipinski definition) is 5. The van der Waals surface area contributed by atoms with Crippen molar-refractivity contribution in [2.24, 2.45) is 0 Å². The molecule has 11 heteroatoms. The third kappa shape index (κ3) is 6.60. The maximum Gasteiger partial charge on any atom is 0.416 e. The summed E-state index contributed by atoms with van der Waals surface area (Å²) in [6.07, 6.45) is -4.41. The standard InChI is InChI=1S/C23H24F3N5O2S/c1-4-31-19(12-20(32)28-18-8-5-14(2)15(3)11-18)29-30-22(31)34-13-21(33)27-17-9-6-16(7-10-17)23(24,25)26/h5-11H,4,12-13H2,1-3H3,(H,27,33)(H,28,32). The Kier molecular flexibility index (Phi) is 7.98. The maximum atomic E-state index is 12.7. The van der Waals surface area contributed by atoms with Gasteiger partial charge in [0.25, 0.3) is 0 Å². The second-order valence-corrected chi connectivity index (χ2v) is 8.52. The number of thioether (sulfide) groups is 1. The van der Waals surface area contributed by atoms with Crippen LogP contribution in [0.4, 0.5) is 24.5 Å². The van der Waals surface area contributed by atoms with E-state index < -0.39 is 17.6 Å². The first-order valence-electron chi connectivity index (χ1n) is 10.5. The van der Waals surface area contributed by atoms with Crippen molar-refractivity contribution in [3.63, 3.8) is 0 Å². The van der Waals surface area contributed by atoms with Gasteiger partial charge < -0.3 is 15.2 Å². The molecule has 34 heavy (non-hydrogen) atoms. The molecule has 0 aliphatic heterocycles. The number of aryl methyl sites for hydroxylation is 2. The lowest BCUT2D eigenvalue weighted by Gasteiger charge is -2.10. The van der Waals surface area contributed by atoms with Gasteiger partial charge in [0.2, 0.25) is 11.8 Å². The highest BCUT2D eigenvalue weighted by Gasteiger charge is 2.30. The number of amides is 2. The summed E-state index contributed by atoms with van der Waals surface area (Å²) in [6, 6.07) is 9.88. The fourth-order valence-electron chi connectivity index (χ4n) is 3.11. The molecule has 7 nitrogen and oxygen atoms in total. The van der Waals surface area contributed by atoms with Gasteiger partial charge in [0, 0.05) is 17.9 Å². The second kappa shape index (κ2) is 10.7. The second-order valence-electron chi connectivity index (χ2n) is 7.58. The summed E-state index contributed by atoms with van der Waals surface area (Å²) in [5, 5.41) is 14.0. The van der Waals surface area contributed by atoms with Gasteiger partial charge in [-0.25, -0.2) is 0 Å². The van der Waals surface area contributed by atoms with Crippen molar-refractivity contribution in [1.82, 2.24) is 14.8 Å². The molecule has 0 fully saturated rings. The zero-order valence-electron chi connectivity index (χ0n) is 18.9. The molecule has 0 unspecified atom stereocenters. The number of halogens is 3. The minimum atomic E-state index is -4.43. The Bertz CT molecular complexity index is 1180. The van der Waals surface area contributed by atoms with Crippen LogP contribution in [-0.2, 0) is 28.7 Å². The molecule has 0 bridgehead atoms. The van der Waals surface area contributed by atoms with E-state index in [0.717, 1.165) is 35.0 Å². The van der Waals surface area contributed by atoms with Crippen LogP contribution in [0.15, 0.2) is 47.6 Å². The Balaban J connectivity index is 1.56. The molecule has 1 heterocycles. The lowest BCUT2D eigenvalue weighted by atomic mass is 10.1. The third-order valence-electron chi connectivity index (χ3n) is 5.05. The molecule has 3 aromatic rings. The van der Waals surface area contributed by atoms with Gasteiger partial charge >= 0.3 is 6.18 Å². The largest absolute Gasteiger partial charge is 0.416 e. The summed E-state index contributed by atoms with van der Waals surface area (Å²) in [6.45, 7) is 6.34. The van der Waals surface area contributed by atoms with E-state index in [4.69, 9.17) is 0 Å². The van der Waals surface area contributed by atoms with E-state index in [9.17, 15) is 22.8 Å². The van der Waals surface area contributed by atoms with Gasteiger partial charge in [-0.3, -0.25) is 9.59 Å². The molecule has 0 saturated carbocycles. The van der Waals surface area contributed by atoms with E-state index in [1.54, 1.807) is 4.57 Å². The van der Waals surface area contributed by atoms with Crippen molar-refractivity contribution in [1.29, 1.82) is 0 Å². The molecule has 0 aliphatic carbocycles. The quantitative estimate of drug-likeness (QED) is 0.440. The molecular formula is C23H24F3N5O2S. The summed E-state index contributed by atoms with van der Waals surface area (Å²) >= 11 is 1.13. The number of anilines is 2. The molecule has 2 N–H and O–H groups in total. The van der Waals surface area contributed by atoms with Gasteiger partial charge in [-0.1, -0.05) is 17.8 Å². The first-order chi connectivity index (χ1) is 16.1. The molecule has 1 aromatic heterocycles. The average Bonchev–Trinajstić information content (AvgIpc) is 3.15. The monoisotopic (exact) mass is 491 g/mol. The lowest BCUT2D eigenvalue weighted by Crippen LogP contribution is -2.18. The minimum absolute atomic E-state index is 0.0198. The van der Waals surface area contributed by atoms with Crippen LogP contribution in [-0.4, -0.2) is 32.3 Å². The van der Waals surface area contributed by atoms with Gasteiger partial charge in [0.15, 0.2) is 5.16 Å². The molecule has 0 atom stereocenters. The first-order valence-corrected chi connectivity index (χ1v) is 11.4. The predicted molar refractivity (Wildman–Crippen MR) is 125 cm³/mol. The molecule has 0 saturated heterocycles. The highest BCUT2D eigenvalue weighted by atomic mass is 32.2. The fraction of sp³-hybridized carbons (Fsp3) is 0.304. The van der Waals surface area contributed by atoms with Gasteiger partial charge in [-0.2, -0.15) is 13.2 Å². The normalized spacial score (nSPS) is 11.4. The predicted octanol–water partition coefficient (Wildman–Crippen LogP) is 4.85. The number of nitrogens with one attached hydrogen (secondary N) is 2. The zero-order valence-corrected chi connectivity index (χ0v) is 19.7. The summed E-state index contributed by atoms with van der Waals surface area (Å²) < 4.78 is 39.7. The number of nitrogens with zero attached hydrogens (tertiary/aromatic N) is 3. The van der Waals surface area contributed by atoms with Crippen molar-refractivity contribution in [3.05, 3.63) is 65.0 Å². The number of hydrogen-bond donors (Lipinski definition) is 2. The SMILES string of the molecule is CCn1c(CC(=O)Nc2ccc(C)c(C)c2)nnc1SCC(=O)Nc1ccc(C(F)(F)F)cc1. The van der Waals surface area contributed by atoms with E-state index in [2.05, 4.69) is 20.8 Å². The Morgan fingerprint density at radius 2 is 1.59 bits per heavy atom.